The van der Waals surface area contributed by atoms with Gasteiger partial charge in [0.25, 0.3) is 5.56 Å². The number of carbonyl (C=O) groups is 1. The number of rotatable bonds is 7. The zero-order chi connectivity index (χ0) is 20.4. The number of hydrogen-bond acceptors (Lipinski definition) is 4. The van der Waals surface area contributed by atoms with Crippen molar-refractivity contribution in [2.24, 2.45) is 0 Å². The van der Waals surface area contributed by atoms with Crippen molar-refractivity contribution < 1.29 is 4.79 Å². The molecule has 6 nitrogen and oxygen atoms in total. The van der Waals surface area contributed by atoms with E-state index in [9.17, 15) is 9.59 Å². The van der Waals surface area contributed by atoms with Gasteiger partial charge in [0, 0.05) is 6.54 Å². The summed E-state index contributed by atoms with van der Waals surface area (Å²) in [6, 6.07) is 13.5. The van der Waals surface area contributed by atoms with Crippen molar-refractivity contribution in [3.8, 4) is 0 Å². The predicted octanol–water partition coefficient (Wildman–Crippen LogP) is 3.72. The number of fused-ring (bicyclic) bond motifs is 3. The Morgan fingerprint density at radius 3 is 2.76 bits per heavy atom. The number of carbonyl (C=O) groups excluding carboxylic acids is 1. The molecule has 0 saturated carbocycles. The normalized spacial score (nSPS) is 12.5. The van der Waals surface area contributed by atoms with Gasteiger partial charge < -0.3 is 5.32 Å². The van der Waals surface area contributed by atoms with E-state index in [-0.39, 0.29) is 11.5 Å². The van der Waals surface area contributed by atoms with Crippen molar-refractivity contribution in [1.82, 2.24) is 19.5 Å². The second-order valence-electron chi connectivity index (χ2n) is 7.14. The Morgan fingerprint density at radius 2 is 2.00 bits per heavy atom. The summed E-state index contributed by atoms with van der Waals surface area (Å²) >= 11 is 1.59. The minimum atomic E-state index is -0.615. The van der Waals surface area contributed by atoms with Crippen LogP contribution in [0.15, 0.2) is 52.6 Å². The Bertz CT molecular complexity index is 1210. The summed E-state index contributed by atoms with van der Waals surface area (Å²) in [5, 5.41) is 9.46. The van der Waals surface area contributed by atoms with Gasteiger partial charge in [-0.2, -0.15) is 5.10 Å². The Labute approximate surface area is 172 Å². The van der Waals surface area contributed by atoms with Gasteiger partial charge in [-0.25, -0.2) is 4.68 Å². The van der Waals surface area contributed by atoms with Crippen LogP contribution in [0, 0.1) is 6.92 Å². The van der Waals surface area contributed by atoms with Crippen molar-refractivity contribution in [1.29, 1.82) is 0 Å². The summed E-state index contributed by atoms with van der Waals surface area (Å²) in [5.74, 6) is 0.538. The average Bonchev–Trinajstić information content (AvgIpc) is 3.32. The van der Waals surface area contributed by atoms with Gasteiger partial charge in [-0.3, -0.25) is 14.0 Å². The van der Waals surface area contributed by atoms with Gasteiger partial charge >= 0.3 is 0 Å². The van der Waals surface area contributed by atoms with Crippen LogP contribution in [0.1, 0.15) is 37.2 Å². The topological polar surface area (TPSA) is 68.4 Å². The van der Waals surface area contributed by atoms with E-state index >= 15 is 0 Å². The molecule has 150 valence electrons. The van der Waals surface area contributed by atoms with Crippen LogP contribution in [0.4, 0.5) is 0 Å². The smallest absolute Gasteiger partial charge is 0.291 e. The predicted molar refractivity (Wildman–Crippen MR) is 117 cm³/mol. The minimum Gasteiger partial charge on any atom is -0.354 e. The second-order valence-corrected chi connectivity index (χ2v) is 8.08. The highest BCUT2D eigenvalue weighted by molar-refractivity contribution is 7.17. The molecule has 1 atom stereocenters. The van der Waals surface area contributed by atoms with E-state index in [1.165, 1.54) is 10.2 Å². The molecule has 0 spiro atoms. The van der Waals surface area contributed by atoms with E-state index in [0.717, 1.165) is 23.1 Å². The first-order valence-corrected chi connectivity index (χ1v) is 10.8. The van der Waals surface area contributed by atoms with Gasteiger partial charge in [0.2, 0.25) is 5.91 Å². The number of nitrogens with zero attached hydrogens (tertiary/aromatic N) is 3. The summed E-state index contributed by atoms with van der Waals surface area (Å²) in [7, 11) is 0. The summed E-state index contributed by atoms with van der Waals surface area (Å²) in [6.07, 6.45) is 2.26. The molecular weight excluding hydrogens is 384 g/mol. The molecule has 0 radical (unpaired) electrons. The fraction of sp³-hybridized carbons (Fsp3) is 0.318. The molecule has 3 heterocycles. The number of aryl methyl sites for hydroxylation is 2. The van der Waals surface area contributed by atoms with Crippen molar-refractivity contribution in [3.63, 3.8) is 0 Å². The van der Waals surface area contributed by atoms with Crippen LogP contribution in [-0.4, -0.2) is 26.6 Å². The average molecular weight is 409 g/mol. The summed E-state index contributed by atoms with van der Waals surface area (Å²) < 4.78 is 4.26. The van der Waals surface area contributed by atoms with Gasteiger partial charge in [-0.05, 0) is 49.3 Å². The van der Waals surface area contributed by atoms with Crippen LogP contribution in [0.3, 0.4) is 0 Å². The fourth-order valence-corrected chi connectivity index (χ4v) is 4.55. The van der Waals surface area contributed by atoms with E-state index in [2.05, 4.69) is 22.5 Å². The zero-order valence-corrected chi connectivity index (χ0v) is 17.4. The third-order valence-electron chi connectivity index (χ3n) is 5.20. The van der Waals surface area contributed by atoms with E-state index in [4.69, 9.17) is 0 Å². The first-order valence-electron chi connectivity index (χ1n) is 9.90. The first-order chi connectivity index (χ1) is 14.1. The number of benzene rings is 1. The maximum atomic E-state index is 13.1. The van der Waals surface area contributed by atoms with Crippen molar-refractivity contribution >= 4 is 33.0 Å². The minimum absolute atomic E-state index is 0.160. The molecule has 7 heteroatoms. The Hall–Kier alpha value is -2.93. The van der Waals surface area contributed by atoms with Crippen LogP contribution in [0.5, 0.6) is 0 Å². The van der Waals surface area contributed by atoms with Gasteiger partial charge in [0.15, 0.2) is 0 Å². The van der Waals surface area contributed by atoms with Gasteiger partial charge in [0.1, 0.15) is 17.4 Å². The van der Waals surface area contributed by atoms with Gasteiger partial charge in [-0.1, -0.05) is 37.3 Å². The lowest BCUT2D eigenvalue weighted by Gasteiger charge is -2.18. The van der Waals surface area contributed by atoms with Crippen LogP contribution < -0.4 is 10.9 Å². The number of nitrogens with one attached hydrogen (secondary N) is 1. The monoisotopic (exact) mass is 408 g/mol. The largest absolute Gasteiger partial charge is 0.354 e. The molecular formula is C22H24N4O2S. The molecule has 29 heavy (non-hydrogen) atoms. The molecule has 4 aromatic rings. The molecule has 0 aliphatic rings. The maximum Gasteiger partial charge on any atom is 0.291 e. The fourth-order valence-electron chi connectivity index (χ4n) is 3.74. The standard InChI is InChI=1S/C22H24N4O2S/c1-3-17(21(27)23-12-7-10-16-8-5-4-6-9-16)26-22(28)19-14-20-18(11-13-29-20)25(19)15(2)24-26/h4-6,8-9,11,13-14,17H,3,7,10,12H2,1-2H3,(H,23,27). The lowest BCUT2D eigenvalue weighted by Crippen LogP contribution is -2.39. The maximum absolute atomic E-state index is 13.1. The highest BCUT2D eigenvalue weighted by Gasteiger charge is 2.23. The van der Waals surface area contributed by atoms with E-state index in [0.29, 0.717) is 24.3 Å². The summed E-state index contributed by atoms with van der Waals surface area (Å²) in [5.41, 5.74) is 2.57. The quantitative estimate of drug-likeness (QED) is 0.474. The lowest BCUT2D eigenvalue weighted by molar-refractivity contribution is -0.124. The van der Waals surface area contributed by atoms with Crippen molar-refractivity contribution in [2.45, 2.75) is 39.2 Å². The summed E-state index contributed by atoms with van der Waals surface area (Å²) in [6.45, 7) is 4.34. The molecule has 0 aliphatic carbocycles. The second kappa shape index (κ2) is 8.21. The number of thiophene rings is 1. The molecule has 4 rings (SSSR count). The lowest BCUT2D eigenvalue weighted by atomic mass is 10.1. The molecule has 1 N–H and O–H groups in total. The molecule has 0 saturated heterocycles. The molecule has 0 fully saturated rings. The zero-order valence-electron chi connectivity index (χ0n) is 16.6. The molecule has 1 unspecified atom stereocenters. The first kappa shape index (κ1) is 19.4. The van der Waals surface area contributed by atoms with Crippen molar-refractivity contribution in [3.05, 3.63) is 69.6 Å². The Kier molecular flexibility index (Phi) is 5.49. The van der Waals surface area contributed by atoms with Crippen LogP contribution in [0.25, 0.3) is 15.7 Å². The summed E-state index contributed by atoms with van der Waals surface area (Å²) in [4.78, 5) is 25.9. The van der Waals surface area contributed by atoms with Gasteiger partial charge in [0.05, 0.1) is 10.2 Å². The Morgan fingerprint density at radius 1 is 1.21 bits per heavy atom. The number of hydrogen-bond donors (Lipinski definition) is 1. The molecule has 0 bridgehead atoms. The highest BCUT2D eigenvalue weighted by atomic mass is 32.1. The third-order valence-corrected chi connectivity index (χ3v) is 6.05. The Balaban J connectivity index is 1.52. The van der Waals surface area contributed by atoms with E-state index in [1.54, 1.807) is 11.3 Å². The molecule has 1 aromatic carbocycles. The SMILES string of the molecule is CCC(C(=O)NCCCc1ccccc1)n1nc(C)n2c(cc3sccc32)c1=O. The van der Waals surface area contributed by atoms with Crippen LogP contribution >= 0.6 is 11.3 Å². The van der Waals surface area contributed by atoms with Crippen molar-refractivity contribution in [2.75, 3.05) is 6.54 Å². The van der Waals surface area contributed by atoms with E-state index < -0.39 is 6.04 Å². The third kappa shape index (κ3) is 3.70. The van der Waals surface area contributed by atoms with Gasteiger partial charge in [-0.15, -0.1) is 11.3 Å². The number of amides is 1. The molecule has 3 aromatic heterocycles. The van der Waals surface area contributed by atoms with Crippen LogP contribution in [-0.2, 0) is 11.2 Å². The molecule has 1 amide bonds. The molecule has 0 aliphatic heterocycles. The number of aromatic nitrogens is 3. The van der Waals surface area contributed by atoms with Crippen LogP contribution in [0.2, 0.25) is 0 Å². The van der Waals surface area contributed by atoms with E-state index in [1.807, 2.05) is 54.0 Å². The highest BCUT2D eigenvalue weighted by Crippen LogP contribution is 2.24.